The van der Waals surface area contributed by atoms with E-state index in [4.69, 9.17) is 23.2 Å². The molecule has 1 heterocycles. The first-order chi connectivity index (χ1) is 14.2. The normalized spacial score (nSPS) is 20.4. The van der Waals surface area contributed by atoms with Crippen LogP contribution < -0.4 is 5.32 Å². The standard InChI is InChI=1S/C21H18Cl2F3NO3S/c1-12-5-13(3-4-18(12)19(28)27-11-21(24,25)26)14-9-20(2,31(29,30)10-14)15-6-16(22)8-17(23)7-15/h3-8,10H,9,11H2,1-2H3,(H,27,28). The lowest BCUT2D eigenvalue weighted by atomic mass is 9.89. The van der Waals surface area contributed by atoms with Crippen LogP contribution >= 0.6 is 23.2 Å². The molecule has 0 aromatic heterocycles. The van der Waals surface area contributed by atoms with Crippen LogP contribution in [0.2, 0.25) is 10.0 Å². The highest BCUT2D eigenvalue weighted by molar-refractivity contribution is 7.95. The van der Waals surface area contributed by atoms with E-state index in [1.807, 2.05) is 5.32 Å². The van der Waals surface area contributed by atoms with E-state index < -0.39 is 33.2 Å². The minimum absolute atomic E-state index is 0.0823. The number of amides is 1. The molecule has 1 atom stereocenters. The van der Waals surface area contributed by atoms with Crippen molar-refractivity contribution in [2.75, 3.05) is 6.54 Å². The fraction of sp³-hybridized carbons (Fsp3) is 0.286. The Kier molecular flexibility index (Phi) is 6.21. The molecule has 2 aromatic carbocycles. The second kappa shape index (κ2) is 8.15. The molecule has 0 spiro atoms. The number of nitrogens with one attached hydrogen (secondary N) is 1. The summed E-state index contributed by atoms with van der Waals surface area (Å²) in [4.78, 5) is 12.1. The summed E-state index contributed by atoms with van der Waals surface area (Å²) in [7, 11) is -3.72. The van der Waals surface area contributed by atoms with Crippen molar-refractivity contribution < 1.29 is 26.4 Å². The van der Waals surface area contributed by atoms with Crippen LogP contribution in [0.25, 0.3) is 5.57 Å². The molecule has 10 heteroatoms. The van der Waals surface area contributed by atoms with Gasteiger partial charge in [-0.05, 0) is 66.8 Å². The molecule has 2 aromatic rings. The number of carbonyl (C=O) groups is 1. The lowest BCUT2D eigenvalue weighted by Crippen LogP contribution is -2.34. The van der Waals surface area contributed by atoms with E-state index in [0.717, 1.165) is 0 Å². The SMILES string of the molecule is Cc1cc(C2=CS(=O)(=O)C(C)(c3cc(Cl)cc(Cl)c3)C2)ccc1C(=O)NCC(F)(F)F. The summed E-state index contributed by atoms with van der Waals surface area (Å²) in [5, 5.41) is 3.64. The number of halogens is 5. The molecular formula is C21H18Cl2F3NO3S. The van der Waals surface area contributed by atoms with Crippen molar-refractivity contribution in [2.45, 2.75) is 31.2 Å². The summed E-state index contributed by atoms with van der Waals surface area (Å²) in [6.07, 6.45) is -4.37. The summed E-state index contributed by atoms with van der Waals surface area (Å²) in [6, 6.07) is 9.11. The highest BCUT2D eigenvalue weighted by atomic mass is 35.5. The van der Waals surface area contributed by atoms with Crippen molar-refractivity contribution in [3.63, 3.8) is 0 Å². The number of alkyl halides is 3. The summed E-state index contributed by atoms with van der Waals surface area (Å²) in [6.45, 7) is 1.72. The summed E-state index contributed by atoms with van der Waals surface area (Å²) < 4.78 is 61.7. The molecule has 1 aliphatic rings. The largest absolute Gasteiger partial charge is 0.405 e. The van der Waals surface area contributed by atoms with Gasteiger partial charge < -0.3 is 5.32 Å². The minimum Gasteiger partial charge on any atom is -0.343 e. The van der Waals surface area contributed by atoms with Crippen LogP contribution in [-0.4, -0.2) is 27.0 Å². The van der Waals surface area contributed by atoms with Crippen molar-refractivity contribution in [1.82, 2.24) is 5.32 Å². The Labute approximate surface area is 188 Å². The van der Waals surface area contributed by atoms with Crippen LogP contribution in [0.15, 0.2) is 41.8 Å². The Morgan fingerprint density at radius 1 is 1.13 bits per heavy atom. The molecule has 0 fully saturated rings. The third-order valence-corrected chi connectivity index (χ3v) is 7.88. The van der Waals surface area contributed by atoms with Crippen molar-refractivity contribution in [1.29, 1.82) is 0 Å². The van der Waals surface area contributed by atoms with Gasteiger partial charge in [-0.15, -0.1) is 0 Å². The fourth-order valence-electron chi connectivity index (χ4n) is 3.51. The number of carbonyl (C=O) groups excluding carboxylic acids is 1. The van der Waals surface area contributed by atoms with Crippen LogP contribution in [0.3, 0.4) is 0 Å². The highest BCUT2D eigenvalue weighted by Gasteiger charge is 2.45. The first-order valence-corrected chi connectivity index (χ1v) is 11.4. The van der Waals surface area contributed by atoms with E-state index in [1.54, 1.807) is 32.0 Å². The molecule has 0 saturated carbocycles. The van der Waals surface area contributed by atoms with Crippen LogP contribution in [-0.2, 0) is 14.6 Å². The predicted octanol–water partition coefficient (Wildman–Crippen LogP) is 5.67. The van der Waals surface area contributed by atoms with E-state index in [9.17, 15) is 26.4 Å². The maximum Gasteiger partial charge on any atom is 0.405 e. The van der Waals surface area contributed by atoms with Crippen LogP contribution in [0, 0.1) is 6.92 Å². The fourth-order valence-corrected chi connectivity index (χ4v) is 5.70. The minimum atomic E-state index is -4.51. The Morgan fingerprint density at radius 3 is 2.29 bits per heavy atom. The highest BCUT2D eigenvalue weighted by Crippen LogP contribution is 2.47. The second-order valence-corrected chi connectivity index (χ2v) is 10.7. The Balaban J connectivity index is 1.90. The van der Waals surface area contributed by atoms with Gasteiger partial charge in [0, 0.05) is 21.0 Å². The van der Waals surface area contributed by atoms with Gasteiger partial charge in [0.2, 0.25) is 0 Å². The number of aryl methyl sites for hydroxylation is 1. The lowest BCUT2D eigenvalue weighted by Gasteiger charge is -2.24. The van der Waals surface area contributed by atoms with E-state index >= 15 is 0 Å². The number of hydrogen-bond acceptors (Lipinski definition) is 3. The van der Waals surface area contributed by atoms with Crippen molar-refractivity contribution >= 4 is 44.5 Å². The first kappa shape index (κ1) is 23.6. The van der Waals surface area contributed by atoms with E-state index in [1.165, 1.54) is 23.6 Å². The van der Waals surface area contributed by atoms with Crippen molar-refractivity contribution in [2.24, 2.45) is 0 Å². The number of sulfone groups is 1. The van der Waals surface area contributed by atoms with Crippen LogP contribution in [0.1, 0.15) is 40.4 Å². The van der Waals surface area contributed by atoms with Gasteiger partial charge in [-0.3, -0.25) is 4.79 Å². The van der Waals surface area contributed by atoms with Gasteiger partial charge in [0.1, 0.15) is 11.3 Å². The molecule has 166 valence electrons. The molecule has 3 rings (SSSR count). The van der Waals surface area contributed by atoms with Gasteiger partial charge in [-0.1, -0.05) is 35.3 Å². The molecule has 1 aliphatic heterocycles. The quantitative estimate of drug-likeness (QED) is 0.599. The zero-order chi connectivity index (χ0) is 23.2. The molecule has 0 aliphatic carbocycles. The smallest absolute Gasteiger partial charge is 0.343 e. The van der Waals surface area contributed by atoms with Crippen LogP contribution in [0.4, 0.5) is 13.2 Å². The number of hydrogen-bond donors (Lipinski definition) is 1. The average molecular weight is 492 g/mol. The van der Waals surface area contributed by atoms with Gasteiger partial charge in [0.05, 0.1) is 0 Å². The topological polar surface area (TPSA) is 63.2 Å². The molecule has 4 nitrogen and oxygen atoms in total. The molecular weight excluding hydrogens is 474 g/mol. The van der Waals surface area contributed by atoms with Gasteiger partial charge >= 0.3 is 6.18 Å². The number of allylic oxidation sites excluding steroid dienone is 1. The van der Waals surface area contributed by atoms with Crippen LogP contribution in [0.5, 0.6) is 0 Å². The molecule has 0 radical (unpaired) electrons. The summed E-state index contributed by atoms with van der Waals surface area (Å²) in [5.41, 5.74) is 2.04. The maximum atomic E-state index is 13.0. The molecule has 1 amide bonds. The lowest BCUT2D eigenvalue weighted by molar-refractivity contribution is -0.123. The average Bonchev–Trinajstić information content (AvgIpc) is 2.88. The zero-order valence-electron chi connectivity index (χ0n) is 16.5. The van der Waals surface area contributed by atoms with Gasteiger partial charge in [-0.25, -0.2) is 8.42 Å². The van der Waals surface area contributed by atoms with Crippen molar-refractivity contribution in [3.05, 3.63) is 74.1 Å². The number of benzene rings is 2. The third kappa shape index (κ3) is 4.91. The maximum absolute atomic E-state index is 13.0. The predicted molar refractivity (Wildman–Crippen MR) is 115 cm³/mol. The monoisotopic (exact) mass is 491 g/mol. The third-order valence-electron chi connectivity index (χ3n) is 5.22. The molecule has 1 N–H and O–H groups in total. The van der Waals surface area contributed by atoms with Crippen molar-refractivity contribution in [3.8, 4) is 0 Å². The molecule has 0 bridgehead atoms. The Morgan fingerprint density at radius 2 is 1.74 bits per heavy atom. The van der Waals surface area contributed by atoms with Gasteiger partial charge in [0.25, 0.3) is 5.91 Å². The van der Waals surface area contributed by atoms with E-state index in [0.29, 0.717) is 32.3 Å². The molecule has 0 saturated heterocycles. The van der Waals surface area contributed by atoms with Gasteiger partial charge in [0.15, 0.2) is 9.84 Å². The Bertz CT molecular complexity index is 1170. The first-order valence-electron chi connectivity index (χ1n) is 9.10. The van der Waals surface area contributed by atoms with E-state index in [2.05, 4.69) is 0 Å². The Hall–Kier alpha value is -2.03. The summed E-state index contributed by atoms with van der Waals surface area (Å²) in [5.74, 6) is -0.854. The zero-order valence-corrected chi connectivity index (χ0v) is 18.8. The molecule has 31 heavy (non-hydrogen) atoms. The summed E-state index contributed by atoms with van der Waals surface area (Å²) >= 11 is 12.1. The van der Waals surface area contributed by atoms with E-state index in [-0.39, 0.29) is 12.0 Å². The number of rotatable bonds is 4. The van der Waals surface area contributed by atoms with Gasteiger partial charge in [-0.2, -0.15) is 13.2 Å². The molecule has 1 unspecified atom stereocenters. The second-order valence-electron chi connectivity index (χ2n) is 7.58.